The van der Waals surface area contributed by atoms with Gasteiger partial charge in [0.2, 0.25) is 5.91 Å². The van der Waals surface area contributed by atoms with Gasteiger partial charge in [0.05, 0.1) is 11.7 Å². The van der Waals surface area contributed by atoms with Gasteiger partial charge in [-0.3, -0.25) is 14.4 Å². The Morgan fingerprint density at radius 3 is 3.16 bits per heavy atom. The van der Waals surface area contributed by atoms with Gasteiger partial charge in [0.1, 0.15) is 12.4 Å². The molecule has 0 bridgehead atoms. The van der Waals surface area contributed by atoms with Gasteiger partial charge >= 0.3 is 0 Å². The molecule has 7 nitrogen and oxygen atoms in total. The van der Waals surface area contributed by atoms with Gasteiger partial charge in [-0.05, 0) is 24.6 Å². The first-order valence-corrected chi connectivity index (χ1v) is 5.78. The molecule has 1 atom stereocenters. The molecule has 4 N–H and O–H groups in total. The molecule has 0 saturated heterocycles. The minimum atomic E-state index is -0.550. The Morgan fingerprint density at radius 2 is 2.42 bits per heavy atom. The quantitative estimate of drug-likeness (QED) is 0.654. The van der Waals surface area contributed by atoms with E-state index in [0.717, 1.165) is 5.56 Å². The van der Waals surface area contributed by atoms with Gasteiger partial charge < -0.3 is 15.8 Å². The van der Waals surface area contributed by atoms with Crippen LogP contribution in [0.5, 0.6) is 5.75 Å². The minimum Gasteiger partial charge on any atom is -0.482 e. The third kappa shape index (κ3) is 3.43. The van der Waals surface area contributed by atoms with Crippen LogP contribution in [-0.4, -0.2) is 25.0 Å². The molecule has 0 fully saturated rings. The zero-order valence-corrected chi connectivity index (χ0v) is 10.4. The van der Waals surface area contributed by atoms with E-state index in [4.69, 9.17) is 15.3 Å². The second kappa shape index (κ2) is 5.68. The number of hydrogen-bond acceptors (Lipinski definition) is 5. The molecular weight excluding hydrogens is 250 g/mol. The molecule has 1 heterocycles. The maximum atomic E-state index is 11.2. The molecule has 19 heavy (non-hydrogen) atoms. The van der Waals surface area contributed by atoms with Gasteiger partial charge in [-0.25, -0.2) is 0 Å². The zero-order valence-electron chi connectivity index (χ0n) is 10.4. The zero-order chi connectivity index (χ0) is 13.8. The largest absolute Gasteiger partial charge is 0.482 e. The number of ether oxygens (including phenoxy) is 1. The number of hydrogen-bond donors (Lipinski definition) is 3. The van der Waals surface area contributed by atoms with Crippen molar-refractivity contribution in [3.8, 4) is 5.75 Å². The lowest BCUT2D eigenvalue weighted by molar-refractivity contribution is -0.126. The second-order valence-electron chi connectivity index (χ2n) is 4.19. The SMILES string of the molecule is CC(NOCC(N)=O)c1ccc2c(c1)NC(=O)CO2. The second-order valence-corrected chi connectivity index (χ2v) is 4.19. The Balaban J connectivity index is 2.02. The van der Waals surface area contributed by atoms with Gasteiger partial charge in [-0.2, -0.15) is 5.48 Å². The predicted octanol–water partition coefficient (Wildman–Crippen LogP) is 0.0850. The number of hydroxylamine groups is 1. The summed E-state index contributed by atoms with van der Waals surface area (Å²) in [6.07, 6.45) is 0. The summed E-state index contributed by atoms with van der Waals surface area (Å²) in [5.41, 5.74) is 9.16. The molecule has 7 heteroatoms. The molecule has 0 radical (unpaired) electrons. The van der Waals surface area contributed by atoms with Crippen LogP contribution in [0.3, 0.4) is 0 Å². The summed E-state index contributed by atoms with van der Waals surface area (Å²) in [5.74, 6) is -0.102. The van der Waals surface area contributed by atoms with E-state index in [0.29, 0.717) is 11.4 Å². The number of nitrogens with two attached hydrogens (primary N) is 1. The van der Waals surface area contributed by atoms with Gasteiger partial charge in [0, 0.05) is 0 Å². The number of fused-ring (bicyclic) bond motifs is 1. The minimum absolute atomic E-state index is 0.0296. The standard InChI is InChI=1S/C12H15N3O4/c1-7(15-19-5-11(13)16)8-2-3-10-9(4-8)14-12(17)6-18-10/h2-4,7,15H,5-6H2,1H3,(H2,13,16)(H,14,17). The fourth-order valence-electron chi connectivity index (χ4n) is 1.68. The molecule has 1 aliphatic rings. The summed E-state index contributed by atoms with van der Waals surface area (Å²) in [4.78, 5) is 26.7. The molecule has 0 aliphatic carbocycles. The van der Waals surface area contributed by atoms with E-state index in [1.54, 1.807) is 12.1 Å². The summed E-state index contributed by atoms with van der Waals surface area (Å²) in [6.45, 7) is 1.69. The number of carbonyl (C=O) groups excluding carboxylic acids is 2. The fraction of sp³-hybridized carbons (Fsp3) is 0.333. The van der Waals surface area contributed by atoms with Crippen molar-refractivity contribution in [2.75, 3.05) is 18.5 Å². The molecule has 1 aromatic carbocycles. The maximum Gasteiger partial charge on any atom is 0.262 e. The lowest BCUT2D eigenvalue weighted by Crippen LogP contribution is -2.27. The molecule has 2 rings (SSSR count). The van der Waals surface area contributed by atoms with Crippen molar-refractivity contribution < 1.29 is 19.2 Å². The van der Waals surface area contributed by atoms with Crippen LogP contribution < -0.4 is 21.3 Å². The summed E-state index contributed by atoms with van der Waals surface area (Å²) in [5, 5.41) is 2.72. The highest BCUT2D eigenvalue weighted by Crippen LogP contribution is 2.30. The highest BCUT2D eigenvalue weighted by atomic mass is 16.6. The van der Waals surface area contributed by atoms with Crippen LogP contribution in [0.2, 0.25) is 0 Å². The Labute approximate surface area is 110 Å². The van der Waals surface area contributed by atoms with Gasteiger partial charge in [-0.15, -0.1) is 0 Å². The third-order valence-corrected chi connectivity index (χ3v) is 2.61. The monoisotopic (exact) mass is 265 g/mol. The van der Waals surface area contributed by atoms with E-state index in [1.807, 2.05) is 13.0 Å². The Hall–Kier alpha value is -2.12. The predicted molar refractivity (Wildman–Crippen MR) is 67.3 cm³/mol. The first-order chi connectivity index (χ1) is 9.06. The van der Waals surface area contributed by atoms with Crippen LogP contribution in [0.1, 0.15) is 18.5 Å². The molecule has 0 spiro atoms. The molecule has 1 unspecified atom stereocenters. The van der Waals surface area contributed by atoms with Crippen molar-refractivity contribution in [2.24, 2.45) is 5.73 Å². The van der Waals surface area contributed by atoms with E-state index in [1.165, 1.54) is 0 Å². The first-order valence-electron chi connectivity index (χ1n) is 5.78. The molecule has 0 saturated carbocycles. The number of carbonyl (C=O) groups is 2. The average Bonchev–Trinajstić information content (AvgIpc) is 2.37. The third-order valence-electron chi connectivity index (χ3n) is 2.61. The van der Waals surface area contributed by atoms with Crippen molar-refractivity contribution in [3.05, 3.63) is 23.8 Å². The van der Waals surface area contributed by atoms with E-state index in [2.05, 4.69) is 10.8 Å². The van der Waals surface area contributed by atoms with Gasteiger partial charge in [0.15, 0.2) is 6.61 Å². The van der Waals surface area contributed by atoms with E-state index in [9.17, 15) is 9.59 Å². The van der Waals surface area contributed by atoms with Gasteiger partial charge in [-0.1, -0.05) is 6.07 Å². The van der Waals surface area contributed by atoms with Crippen molar-refractivity contribution in [1.82, 2.24) is 5.48 Å². The molecular formula is C12H15N3O4. The van der Waals surface area contributed by atoms with Crippen molar-refractivity contribution in [3.63, 3.8) is 0 Å². The van der Waals surface area contributed by atoms with Crippen LogP contribution in [-0.2, 0) is 14.4 Å². The number of primary amides is 1. The lowest BCUT2D eigenvalue weighted by Gasteiger charge is -2.20. The highest BCUT2D eigenvalue weighted by molar-refractivity contribution is 5.95. The summed E-state index contributed by atoms with van der Waals surface area (Å²) < 4.78 is 5.26. The fourth-order valence-corrected chi connectivity index (χ4v) is 1.68. The number of amides is 2. The normalized spacial score (nSPS) is 15.1. The van der Waals surface area contributed by atoms with E-state index < -0.39 is 5.91 Å². The first kappa shape index (κ1) is 13.3. The van der Waals surface area contributed by atoms with E-state index in [-0.39, 0.29) is 25.2 Å². The van der Waals surface area contributed by atoms with Crippen LogP contribution in [0.15, 0.2) is 18.2 Å². The Morgan fingerprint density at radius 1 is 1.63 bits per heavy atom. The number of anilines is 1. The molecule has 102 valence electrons. The Kier molecular flexibility index (Phi) is 3.98. The molecule has 1 aromatic rings. The van der Waals surface area contributed by atoms with Crippen LogP contribution in [0.4, 0.5) is 5.69 Å². The van der Waals surface area contributed by atoms with Crippen LogP contribution in [0, 0.1) is 0 Å². The Bertz CT molecular complexity index is 504. The van der Waals surface area contributed by atoms with Crippen molar-refractivity contribution >= 4 is 17.5 Å². The number of benzene rings is 1. The van der Waals surface area contributed by atoms with Crippen molar-refractivity contribution in [1.29, 1.82) is 0 Å². The molecule has 0 aromatic heterocycles. The highest BCUT2D eigenvalue weighted by Gasteiger charge is 2.17. The van der Waals surface area contributed by atoms with Gasteiger partial charge in [0.25, 0.3) is 5.91 Å². The average molecular weight is 265 g/mol. The number of nitrogens with one attached hydrogen (secondary N) is 2. The summed E-state index contributed by atoms with van der Waals surface area (Å²) >= 11 is 0. The van der Waals surface area contributed by atoms with E-state index >= 15 is 0 Å². The lowest BCUT2D eigenvalue weighted by atomic mass is 10.1. The summed E-state index contributed by atoms with van der Waals surface area (Å²) in [7, 11) is 0. The van der Waals surface area contributed by atoms with Crippen LogP contribution >= 0.6 is 0 Å². The van der Waals surface area contributed by atoms with Crippen molar-refractivity contribution in [2.45, 2.75) is 13.0 Å². The number of rotatable bonds is 5. The molecule has 2 amide bonds. The summed E-state index contributed by atoms with van der Waals surface area (Å²) in [6, 6.07) is 5.25. The molecule has 1 aliphatic heterocycles. The maximum absolute atomic E-state index is 11.2. The van der Waals surface area contributed by atoms with Crippen LogP contribution in [0.25, 0.3) is 0 Å². The topological polar surface area (TPSA) is 103 Å². The smallest absolute Gasteiger partial charge is 0.262 e.